The molecule has 10 heteroatoms. The molecule has 0 amide bonds. The highest BCUT2D eigenvalue weighted by molar-refractivity contribution is 7.89. The van der Waals surface area contributed by atoms with E-state index in [1.54, 1.807) is 20.0 Å². The average molecular weight is 378 g/mol. The molecule has 26 heavy (non-hydrogen) atoms. The Bertz CT molecular complexity index is 1050. The van der Waals surface area contributed by atoms with Crippen LogP contribution in [-0.2, 0) is 10.0 Å². The molecule has 0 saturated carbocycles. The third-order valence-electron chi connectivity index (χ3n) is 4.75. The molecule has 1 aliphatic heterocycles. The average Bonchev–Trinajstić information content (AvgIpc) is 3.30. The van der Waals surface area contributed by atoms with Crippen LogP contribution in [0.2, 0.25) is 0 Å². The van der Waals surface area contributed by atoms with Crippen molar-refractivity contribution in [3.63, 3.8) is 0 Å². The van der Waals surface area contributed by atoms with E-state index < -0.39 is 16.1 Å². The first-order valence-electron chi connectivity index (χ1n) is 8.67. The number of hydrogen-bond acceptors (Lipinski definition) is 6. The lowest BCUT2D eigenvalue weighted by atomic mass is 10.3. The zero-order valence-electron chi connectivity index (χ0n) is 14.7. The number of fused-ring (bicyclic) bond motifs is 3. The number of aliphatic hydroxyl groups is 1. The Morgan fingerprint density at radius 1 is 1.50 bits per heavy atom. The number of aromatic amines is 1. The van der Waals surface area contributed by atoms with Crippen molar-refractivity contribution in [2.24, 2.45) is 0 Å². The normalized spacial score (nSPS) is 19.7. The van der Waals surface area contributed by atoms with Crippen LogP contribution in [-0.4, -0.2) is 58.0 Å². The number of aliphatic hydroxyl groups excluding tert-OH is 1. The molecule has 2 atom stereocenters. The van der Waals surface area contributed by atoms with Crippen molar-refractivity contribution in [2.75, 3.05) is 23.9 Å². The third kappa shape index (κ3) is 2.83. The molecule has 3 aromatic rings. The van der Waals surface area contributed by atoms with E-state index in [1.807, 2.05) is 21.9 Å². The molecule has 3 aromatic heterocycles. The van der Waals surface area contributed by atoms with Gasteiger partial charge in [0.05, 0.1) is 18.5 Å². The summed E-state index contributed by atoms with van der Waals surface area (Å²) in [6, 6.07) is 1.77. The first-order chi connectivity index (χ1) is 12.4. The quantitative estimate of drug-likeness (QED) is 0.599. The van der Waals surface area contributed by atoms with Gasteiger partial charge in [-0.15, -0.1) is 0 Å². The second kappa shape index (κ2) is 6.22. The van der Waals surface area contributed by atoms with Crippen LogP contribution in [0, 0.1) is 0 Å². The van der Waals surface area contributed by atoms with Crippen LogP contribution in [0.15, 0.2) is 18.5 Å². The van der Waals surface area contributed by atoms with Gasteiger partial charge in [0.15, 0.2) is 5.82 Å². The molecule has 4 rings (SSSR count). The van der Waals surface area contributed by atoms with Crippen LogP contribution in [0.25, 0.3) is 22.1 Å². The highest BCUT2D eigenvalue weighted by Gasteiger charge is 2.30. The lowest BCUT2D eigenvalue weighted by molar-refractivity contribution is 0.184. The van der Waals surface area contributed by atoms with Crippen molar-refractivity contribution in [3.8, 4) is 0 Å². The standard InChI is InChI=1S/C16H22N6O3S/c1-3-26(24,25)20-11-5-7-21(9-11)22-14-12-4-6-17-15(12)18-8-13(14)19-16(22)10(2)23/h4,6,8,10-11,20,23H,3,5,7,9H2,1-2H3,(H,17,18)/t10-,11?/m1/s1. The Kier molecular flexibility index (Phi) is 4.13. The first kappa shape index (κ1) is 17.3. The highest BCUT2D eigenvalue weighted by atomic mass is 32.2. The van der Waals surface area contributed by atoms with Gasteiger partial charge in [0, 0.05) is 24.2 Å². The maximum Gasteiger partial charge on any atom is 0.211 e. The van der Waals surface area contributed by atoms with Gasteiger partial charge < -0.3 is 15.1 Å². The molecule has 0 aliphatic carbocycles. The van der Waals surface area contributed by atoms with Gasteiger partial charge in [-0.3, -0.25) is 0 Å². The summed E-state index contributed by atoms with van der Waals surface area (Å²) in [5.74, 6) is 0.584. The van der Waals surface area contributed by atoms with E-state index in [0.29, 0.717) is 30.9 Å². The minimum Gasteiger partial charge on any atom is -0.385 e. The number of H-pyrrole nitrogens is 1. The van der Waals surface area contributed by atoms with Crippen molar-refractivity contribution in [3.05, 3.63) is 24.3 Å². The molecule has 0 aromatic carbocycles. The number of nitrogens with one attached hydrogen (secondary N) is 2. The second-order valence-corrected chi connectivity index (χ2v) is 8.65. The summed E-state index contributed by atoms with van der Waals surface area (Å²) in [5, 5.41) is 13.2. The van der Waals surface area contributed by atoms with E-state index >= 15 is 0 Å². The van der Waals surface area contributed by atoms with Gasteiger partial charge in [-0.25, -0.2) is 27.8 Å². The summed E-state index contributed by atoms with van der Waals surface area (Å²) in [5.41, 5.74) is 2.31. The van der Waals surface area contributed by atoms with Crippen LogP contribution < -0.4 is 9.73 Å². The lowest BCUT2D eigenvalue weighted by Crippen LogP contribution is -2.41. The van der Waals surface area contributed by atoms with Gasteiger partial charge in [-0.2, -0.15) is 0 Å². The Morgan fingerprint density at radius 3 is 3.04 bits per heavy atom. The van der Waals surface area contributed by atoms with E-state index in [-0.39, 0.29) is 11.8 Å². The fraction of sp³-hybridized carbons (Fsp3) is 0.500. The van der Waals surface area contributed by atoms with Crippen molar-refractivity contribution < 1.29 is 13.5 Å². The summed E-state index contributed by atoms with van der Waals surface area (Å²) in [4.78, 5) is 12.0. The number of hydrogen-bond donors (Lipinski definition) is 3. The van der Waals surface area contributed by atoms with E-state index in [4.69, 9.17) is 0 Å². The number of sulfonamides is 1. The molecule has 1 aliphatic rings. The molecule has 0 spiro atoms. The Hall–Kier alpha value is -2.17. The van der Waals surface area contributed by atoms with Gasteiger partial charge in [0.1, 0.15) is 22.8 Å². The number of rotatable bonds is 5. The predicted molar refractivity (Wildman–Crippen MR) is 99.0 cm³/mol. The molecule has 1 unspecified atom stereocenters. The first-order valence-corrected chi connectivity index (χ1v) is 10.3. The van der Waals surface area contributed by atoms with Gasteiger partial charge in [0.2, 0.25) is 10.0 Å². The number of aromatic nitrogens is 4. The smallest absolute Gasteiger partial charge is 0.211 e. The predicted octanol–water partition coefficient (Wildman–Crippen LogP) is 0.616. The summed E-state index contributed by atoms with van der Waals surface area (Å²) < 4.78 is 28.4. The molecule has 9 nitrogen and oxygen atoms in total. The zero-order valence-corrected chi connectivity index (χ0v) is 15.5. The molecule has 4 heterocycles. The number of pyridine rings is 1. The molecular formula is C16H22N6O3S. The van der Waals surface area contributed by atoms with Crippen LogP contribution in [0.5, 0.6) is 0 Å². The summed E-state index contributed by atoms with van der Waals surface area (Å²) in [7, 11) is -3.26. The van der Waals surface area contributed by atoms with E-state index in [0.717, 1.165) is 16.6 Å². The minimum atomic E-state index is -3.26. The largest absolute Gasteiger partial charge is 0.385 e. The molecule has 3 N–H and O–H groups in total. The van der Waals surface area contributed by atoms with Gasteiger partial charge in [-0.1, -0.05) is 0 Å². The fourth-order valence-corrected chi connectivity index (χ4v) is 4.35. The molecular weight excluding hydrogens is 356 g/mol. The monoisotopic (exact) mass is 378 g/mol. The summed E-state index contributed by atoms with van der Waals surface area (Å²) in [6.07, 6.45) is 3.44. The SMILES string of the molecule is CCS(=O)(=O)NC1CCN(n2c([C@@H](C)O)nc3cnc4[nH]ccc4c32)C1. The Morgan fingerprint density at radius 2 is 2.31 bits per heavy atom. The Balaban J connectivity index is 1.78. The van der Waals surface area contributed by atoms with Gasteiger partial charge in [0.25, 0.3) is 0 Å². The van der Waals surface area contributed by atoms with E-state index in [1.165, 1.54) is 0 Å². The molecule has 1 fully saturated rings. The minimum absolute atomic E-state index is 0.0616. The molecule has 1 saturated heterocycles. The highest BCUT2D eigenvalue weighted by Crippen LogP contribution is 2.28. The number of imidazole rings is 1. The zero-order chi connectivity index (χ0) is 18.5. The van der Waals surface area contributed by atoms with Crippen molar-refractivity contribution in [1.82, 2.24) is 24.4 Å². The van der Waals surface area contributed by atoms with Gasteiger partial charge in [-0.05, 0) is 26.3 Å². The second-order valence-electron chi connectivity index (χ2n) is 6.61. The maximum absolute atomic E-state index is 11.9. The Labute approximate surface area is 151 Å². The number of nitrogens with zero attached hydrogens (tertiary/aromatic N) is 4. The topological polar surface area (TPSA) is 116 Å². The van der Waals surface area contributed by atoms with Crippen molar-refractivity contribution >= 4 is 32.1 Å². The fourth-order valence-electron chi connectivity index (χ4n) is 3.49. The molecule has 140 valence electrons. The maximum atomic E-state index is 11.9. The van der Waals surface area contributed by atoms with Gasteiger partial charge >= 0.3 is 0 Å². The van der Waals surface area contributed by atoms with Crippen LogP contribution in [0.3, 0.4) is 0 Å². The van der Waals surface area contributed by atoms with Crippen LogP contribution in [0.4, 0.5) is 0 Å². The van der Waals surface area contributed by atoms with Crippen LogP contribution >= 0.6 is 0 Å². The van der Waals surface area contributed by atoms with E-state index in [9.17, 15) is 13.5 Å². The lowest BCUT2D eigenvalue weighted by Gasteiger charge is -2.24. The molecule has 0 bridgehead atoms. The summed E-state index contributed by atoms with van der Waals surface area (Å²) in [6.45, 7) is 4.47. The van der Waals surface area contributed by atoms with Crippen molar-refractivity contribution in [2.45, 2.75) is 32.4 Å². The van der Waals surface area contributed by atoms with Crippen LogP contribution in [0.1, 0.15) is 32.2 Å². The molecule has 0 radical (unpaired) electrons. The summed E-state index contributed by atoms with van der Waals surface area (Å²) >= 11 is 0. The van der Waals surface area contributed by atoms with Crippen molar-refractivity contribution in [1.29, 1.82) is 0 Å². The third-order valence-corrected chi connectivity index (χ3v) is 6.20. The van der Waals surface area contributed by atoms with E-state index in [2.05, 4.69) is 19.7 Å².